The maximum atomic E-state index is 6.66. The molecule has 1 aliphatic carbocycles. The van der Waals surface area contributed by atoms with E-state index < -0.39 is 0 Å². The molecule has 0 spiro atoms. The van der Waals surface area contributed by atoms with E-state index in [1.165, 1.54) is 56.6 Å². The SMILES string of the molecule is Cc1csc(CC(N)C2(N3CCCC3)CCCC2)n1. The lowest BCUT2D eigenvalue weighted by molar-refractivity contribution is 0.0921. The molecule has 1 saturated heterocycles. The molecule has 1 aromatic heterocycles. The Balaban J connectivity index is 1.75. The smallest absolute Gasteiger partial charge is 0.0944 e. The molecule has 106 valence electrons. The zero-order chi connectivity index (χ0) is 13.3. The molecule has 2 N–H and O–H groups in total. The Morgan fingerprint density at radius 2 is 2.00 bits per heavy atom. The van der Waals surface area contributed by atoms with E-state index >= 15 is 0 Å². The van der Waals surface area contributed by atoms with E-state index in [-0.39, 0.29) is 11.6 Å². The monoisotopic (exact) mass is 279 g/mol. The molecular weight excluding hydrogens is 254 g/mol. The quantitative estimate of drug-likeness (QED) is 0.921. The minimum Gasteiger partial charge on any atom is -0.326 e. The van der Waals surface area contributed by atoms with E-state index in [0.29, 0.717) is 0 Å². The Labute approximate surface area is 120 Å². The number of likely N-dealkylation sites (tertiary alicyclic amines) is 1. The molecule has 1 atom stereocenters. The maximum Gasteiger partial charge on any atom is 0.0944 e. The number of nitrogens with zero attached hydrogens (tertiary/aromatic N) is 2. The van der Waals surface area contributed by atoms with Crippen LogP contribution < -0.4 is 5.73 Å². The van der Waals surface area contributed by atoms with Crippen LogP contribution in [0.2, 0.25) is 0 Å². The second kappa shape index (κ2) is 5.51. The summed E-state index contributed by atoms with van der Waals surface area (Å²) in [6, 6.07) is 0.249. The Bertz CT molecular complexity index is 417. The van der Waals surface area contributed by atoms with Gasteiger partial charge in [-0.15, -0.1) is 11.3 Å². The summed E-state index contributed by atoms with van der Waals surface area (Å²) >= 11 is 1.77. The van der Waals surface area contributed by atoms with Crippen molar-refractivity contribution in [3.8, 4) is 0 Å². The molecule has 0 bridgehead atoms. The van der Waals surface area contributed by atoms with Crippen molar-refractivity contribution in [2.45, 2.75) is 63.5 Å². The first-order chi connectivity index (χ1) is 9.21. The molecule has 1 unspecified atom stereocenters. The molecule has 0 radical (unpaired) electrons. The summed E-state index contributed by atoms with van der Waals surface area (Å²) in [4.78, 5) is 7.30. The van der Waals surface area contributed by atoms with Gasteiger partial charge in [-0.25, -0.2) is 4.98 Å². The van der Waals surface area contributed by atoms with E-state index in [1.807, 2.05) is 0 Å². The third-order valence-corrected chi connectivity index (χ3v) is 5.95. The number of hydrogen-bond acceptors (Lipinski definition) is 4. The van der Waals surface area contributed by atoms with Crippen molar-refractivity contribution in [3.63, 3.8) is 0 Å². The normalized spacial score (nSPS) is 24.9. The molecule has 0 amide bonds. The van der Waals surface area contributed by atoms with Crippen LogP contribution >= 0.6 is 11.3 Å². The van der Waals surface area contributed by atoms with Crippen LogP contribution in [-0.2, 0) is 6.42 Å². The largest absolute Gasteiger partial charge is 0.326 e. The molecule has 3 nitrogen and oxygen atoms in total. The molecule has 3 rings (SSSR count). The van der Waals surface area contributed by atoms with Gasteiger partial charge in [0, 0.05) is 29.1 Å². The van der Waals surface area contributed by atoms with Crippen molar-refractivity contribution in [2.24, 2.45) is 5.73 Å². The predicted octanol–water partition coefficient (Wildman–Crippen LogP) is 2.73. The average molecular weight is 279 g/mol. The van der Waals surface area contributed by atoms with Crippen molar-refractivity contribution in [2.75, 3.05) is 13.1 Å². The zero-order valence-corrected chi connectivity index (χ0v) is 12.7. The fraction of sp³-hybridized carbons (Fsp3) is 0.800. The minimum atomic E-state index is 0.249. The standard InChI is InChI=1S/C15H25N3S/c1-12-11-19-14(17-12)10-13(16)15(6-2-3-7-15)18-8-4-5-9-18/h11,13H,2-10,16H2,1H3. The molecule has 4 heteroatoms. The molecule has 2 fully saturated rings. The topological polar surface area (TPSA) is 42.1 Å². The van der Waals surface area contributed by atoms with Gasteiger partial charge >= 0.3 is 0 Å². The molecular formula is C15H25N3S. The van der Waals surface area contributed by atoms with Crippen LogP contribution in [0.15, 0.2) is 5.38 Å². The van der Waals surface area contributed by atoms with Gasteiger partial charge in [0.2, 0.25) is 0 Å². The van der Waals surface area contributed by atoms with Gasteiger partial charge in [0.25, 0.3) is 0 Å². The van der Waals surface area contributed by atoms with Crippen molar-refractivity contribution in [1.82, 2.24) is 9.88 Å². The summed E-state index contributed by atoms with van der Waals surface area (Å²) in [7, 11) is 0. The van der Waals surface area contributed by atoms with E-state index in [2.05, 4.69) is 22.2 Å². The average Bonchev–Trinajstić information content (AvgIpc) is 3.09. The summed E-state index contributed by atoms with van der Waals surface area (Å²) in [5.74, 6) is 0. The number of hydrogen-bond donors (Lipinski definition) is 1. The van der Waals surface area contributed by atoms with Crippen LogP contribution in [-0.4, -0.2) is 34.6 Å². The van der Waals surface area contributed by atoms with Gasteiger partial charge in [-0.05, 0) is 45.7 Å². The van der Waals surface area contributed by atoms with Crippen molar-refractivity contribution in [1.29, 1.82) is 0 Å². The Morgan fingerprint density at radius 1 is 1.32 bits per heavy atom. The Morgan fingerprint density at radius 3 is 2.58 bits per heavy atom. The van der Waals surface area contributed by atoms with Crippen molar-refractivity contribution < 1.29 is 0 Å². The second-order valence-corrected chi connectivity index (χ2v) is 7.14. The number of thiazole rings is 1. The fourth-order valence-electron chi connectivity index (χ4n) is 3.95. The minimum absolute atomic E-state index is 0.249. The predicted molar refractivity (Wildman–Crippen MR) is 80.5 cm³/mol. The highest BCUT2D eigenvalue weighted by molar-refractivity contribution is 7.09. The van der Waals surface area contributed by atoms with Crippen molar-refractivity contribution >= 4 is 11.3 Å². The van der Waals surface area contributed by atoms with Crippen LogP contribution in [0, 0.1) is 6.92 Å². The molecule has 1 aromatic rings. The number of aromatic nitrogens is 1. The summed E-state index contributed by atoms with van der Waals surface area (Å²) < 4.78 is 0. The van der Waals surface area contributed by atoms with Crippen LogP contribution in [0.25, 0.3) is 0 Å². The second-order valence-electron chi connectivity index (χ2n) is 6.20. The van der Waals surface area contributed by atoms with E-state index in [4.69, 9.17) is 5.73 Å². The van der Waals surface area contributed by atoms with Gasteiger partial charge < -0.3 is 5.73 Å². The van der Waals surface area contributed by atoms with Gasteiger partial charge in [0.1, 0.15) is 0 Å². The van der Waals surface area contributed by atoms with E-state index in [0.717, 1.165) is 12.1 Å². The van der Waals surface area contributed by atoms with Gasteiger partial charge in [-0.2, -0.15) is 0 Å². The van der Waals surface area contributed by atoms with Gasteiger partial charge in [0.05, 0.1) is 5.01 Å². The lowest BCUT2D eigenvalue weighted by Gasteiger charge is -2.43. The van der Waals surface area contributed by atoms with Gasteiger partial charge in [-0.1, -0.05) is 12.8 Å². The molecule has 2 heterocycles. The number of nitrogens with two attached hydrogens (primary N) is 1. The number of rotatable bonds is 4. The van der Waals surface area contributed by atoms with Crippen molar-refractivity contribution in [3.05, 3.63) is 16.1 Å². The summed E-state index contributed by atoms with van der Waals surface area (Å²) in [6.07, 6.45) is 8.93. The highest BCUT2D eigenvalue weighted by Gasteiger charge is 2.45. The van der Waals surface area contributed by atoms with Crippen LogP contribution in [0.5, 0.6) is 0 Å². The van der Waals surface area contributed by atoms with Crippen LogP contribution in [0.1, 0.15) is 49.2 Å². The maximum absolute atomic E-state index is 6.66. The molecule has 1 aliphatic heterocycles. The highest BCUT2D eigenvalue weighted by atomic mass is 32.1. The first-order valence-electron chi connectivity index (χ1n) is 7.62. The zero-order valence-electron chi connectivity index (χ0n) is 11.9. The van der Waals surface area contributed by atoms with E-state index in [9.17, 15) is 0 Å². The van der Waals surface area contributed by atoms with E-state index in [1.54, 1.807) is 11.3 Å². The first-order valence-corrected chi connectivity index (χ1v) is 8.50. The molecule has 19 heavy (non-hydrogen) atoms. The Kier molecular flexibility index (Phi) is 3.92. The third-order valence-electron chi connectivity index (χ3n) is 4.96. The molecule has 2 aliphatic rings. The molecule has 0 aromatic carbocycles. The van der Waals surface area contributed by atoms with Crippen LogP contribution in [0.3, 0.4) is 0 Å². The lowest BCUT2D eigenvalue weighted by Crippen LogP contribution is -2.58. The fourth-order valence-corrected chi connectivity index (χ4v) is 4.78. The summed E-state index contributed by atoms with van der Waals surface area (Å²) in [6.45, 7) is 4.58. The summed E-state index contributed by atoms with van der Waals surface area (Å²) in [5, 5.41) is 3.36. The molecule has 1 saturated carbocycles. The Hall–Kier alpha value is -0.450. The third kappa shape index (κ3) is 2.58. The number of aryl methyl sites for hydroxylation is 1. The van der Waals surface area contributed by atoms with Gasteiger partial charge in [0.15, 0.2) is 0 Å². The first kappa shape index (κ1) is 13.5. The van der Waals surface area contributed by atoms with Gasteiger partial charge in [-0.3, -0.25) is 4.90 Å². The highest BCUT2D eigenvalue weighted by Crippen LogP contribution is 2.40. The summed E-state index contributed by atoms with van der Waals surface area (Å²) in [5.41, 5.74) is 8.07. The van der Waals surface area contributed by atoms with Crippen LogP contribution in [0.4, 0.5) is 0 Å². The lowest BCUT2D eigenvalue weighted by atomic mass is 9.85.